The van der Waals surface area contributed by atoms with Gasteiger partial charge < -0.3 is 10.2 Å². The van der Waals surface area contributed by atoms with Gasteiger partial charge in [0, 0.05) is 24.2 Å². The largest absolute Gasteiger partial charge is 0.340 e. The molecule has 2 rings (SSSR count). The van der Waals surface area contributed by atoms with Crippen molar-refractivity contribution in [2.24, 2.45) is 0 Å². The van der Waals surface area contributed by atoms with Crippen LogP contribution < -0.4 is 5.32 Å². The van der Waals surface area contributed by atoms with Crippen LogP contribution in [0.5, 0.6) is 0 Å². The third kappa shape index (κ3) is 3.61. The number of imide groups is 1. The van der Waals surface area contributed by atoms with E-state index >= 15 is 0 Å². The lowest BCUT2D eigenvalue weighted by atomic mass is 9.93. The minimum absolute atomic E-state index is 0.0549. The summed E-state index contributed by atoms with van der Waals surface area (Å²) in [4.78, 5) is 39.1. The highest BCUT2D eigenvalue weighted by Crippen LogP contribution is 2.25. The van der Waals surface area contributed by atoms with E-state index in [1.165, 1.54) is 30.1 Å². The fourth-order valence-corrected chi connectivity index (χ4v) is 3.04. The van der Waals surface area contributed by atoms with Crippen LogP contribution in [-0.4, -0.2) is 46.8 Å². The average molecular weight is 370 g/mol. The summed E-state index contributed by atoms with van der Waals surface area (Å²) in [6, 6.07) is 3.69. The number of hydrogen-bond donors (Lipinski definition) is 1. The number of carbonyl (C=O) groups excluding carboxylic acids is 3. The molecule has 0 radical (unpaired) electrons. The third-order valence-corrected chi connectivity index (χ3v) is 4.98. The fraction of sp³-hybridized carbons (Fsp3) is 0.471. The molecule has 0 atom stereocenters. The molecule has 1 heterocycles. The number of nitrogens with one attached hydrogen (secondary N) is 1. The molecule has 25 heavy (non-hydrogen) atoms. The van der Waals surface area contributed by atoms with E-state index in [0.29, 0.717) is 12.8 Å². The van der Waals surface area contributed by atoms with Crippen LogP contribution >= 0.6 is 11.6 Å². The zero-order valence-corrected chi connectivity index (χ0v) is 15.2. The minimum atomic E-state index is -0.954. The Kier molecular flexibility index (Phi) is 5.67. The number of nitrogens with zero attached hydrogens (tertiary/aromatic N) is 2. The summed E-state index contributed by atoms with van der Waals surface area (Å²) < 4.78 is 13.8. The lowest BCUT2D eigenvalue weighted by molar-refractivity contribution is -0.138. The van der Waals surface area contributed by atoms with Crippen molar-refractivity contribution >= 4 is 29.4 Å². The van der Waals surface area contributed by atoms with Gasteiger partial charge in [0.25, 0.3) is 5.91 Å². The first-order chi connectivity index (χ1) is 11.8. The van der Waals surface area contributed by atoms with Crippen LogP contribution in [0, 0.1) is 5.82 Å². The summed E-state index contributed by atoms with van der Waals surface area (Å²) in [5, 5.41) is 2.88. The van der Waals surface area contributed by atoms with Crippen molar-refractivity contribution in [3.63, 3.8) is 0 Å². The number of carbonyl (C=O) groups is 3. The van der Waals surface area contributed by atoms with Crippen LogP contribution in [0.4, 0.5) is 9.18 Å². The quantitative estimate of drug-likeness (QED) is 0.783. The summed E-state index contributed by atoms with van der Waals surface area (Å²) >= 11 is 5.96. The predicted molar refractivity (Wildman–Crippen MR) is 91.4 cm³/mol. The lowest BCUT2D eigenvalue weighted by Crippen LogP contribution is -2.46. The Labute approximate surface area is 150 Å². The van der Waals surface area contributed by atoms with E-state index in [0.717, 1.165) is 4.90 Å². The Hall–Kier alpha value is -2.15. The van der Waals surface area contributed by atoms with E-state index in [4.69, 9.17) is 11.6 Å². The zero-order valence-electron chi connectivity index (χ0n) is 14.4. The average Bonchev–Trinajstić information content (AvgIpc) is 2.82. The van der Waals surface area contributed by atoms with Crippen LogP contribution in [-0.2, 0) is 16.1 Å². The third-order valence-electron chi connectivity index (χ3n) is 4.63. The van der Waals surface area contributed by atoms with Gasteiger partial charge in [-0.25, -0.2) is 9.18 Å². The number of likely N-dealkylation sites (N-methyl/N-ethyl adjacent to an activating group) is 1. The van der Waals surface area contributed by atoms with Gasteiger partial charge in [-0.15, -0.1) is 0 Å². The van der Waals surface area contributed by atoms with Crippen LogP contribution in [0.3, 0.4) is 0 Å². The SMILES string of the molecule is CCC1(CC)NC(=O)N(CC(=O)N(C)Cc2c(F)cccc2Cl)C1=O. The van der Waals surface area contributed by atoms with Crippen molar-refractivity contribution in [1.82, 2.24) is 15.1 Å². The van der Waals surface area contributed by atoms with Gasteiger partial charge >= 0.3 is 6.03 Å². The normalized spacial score (nSPS) is 16.1. The van der Waals surface area contributed by atoms with E-state index < -0.39 is 35.7 Å². The molecule has 1 saturated heterocycles. The number of amides is 4. The molecule has 1 aromatic rings. The Bertz CT molecular complexity index is 686. The highest BCUT2D eigenvalue weighted by atomic mass is 35.5. The summed E-state index contributed by atoms with van der Waals surface area (Å²) in [6.07, 6.45) is 0.888. The Balaban J connectivity index is 2.09. The van der Waals surface area contributed by atoms with Gasteiger partial charge in [0.1, 0.15) is 17.9 Å². The first-order valence-corrected chi connectivity index (χ1v) is 8.44. The van der Waals surface area contributed by atoms with E-state index in [2.05, 4.69) is 5.32 Å². The predicted octanol–water partition coefficient (Wildman–Crippen LogP) is 2.55. The molecule has 8 heteroatoms. The summed E-state index contributed by atoms with van der Waals surface area (Å²) in [6.45, 7) is 3.16. The van der Waals surface area contributed by atoms with Crippen molar-refractivity contribution in [3.8, 4) is 0 Å². The molecular weight excluding hydrogens is 349 g/mol. The minimum Gasteiger partial charge on any atom is -0.340 e. The Morgan fingerprint density at radius 3 is 2.48 bits per heavy atom. The van der Waals surface area contributed by atoms with Crippen molar-refractivity contribution in [1.29, 1.82) is 0 Å². The van der Waals surface area contributed by atoms with Gasteiger partial charge in [0.2, 0.25) is 5.91 Å². The molecule has 0 unspecified atom stereocenters. The van der Waals surface area contributed by atoms with Gasteiger partial charge in [0.05, 0.1) is 0 Å². The number of hydrogen-bond acceptors (Lipinski definition) is 3. The van der Waals surface area contributed by atoms with E-state index in [9.17, 15) is 18.8 Å². The molecule has 0 saturated carbocycles. The van der Waals surface area contributed by atoms with Crippen LogP contribution in [0.2, 0.25) is 5.02 Å². The summed E-state index contributed by atoms with van der Waals surface area (Å²) in [5.41, 5.74) is -0.765. The van der Waals surface area contributed by atoms with Gasteiger partial charge in [0.15, 0.2) is 0 Å². The van der Waals surface area contributed by atoms with Crippen molar-refractivity contribution in [2.75, 3.05) is 13.6 Å². The summed E-state index contributed by atoms with van der Waals surface area (Å²) in [5.74, 6) is -1.41. The highest BCUT2D eigenvalue weighted by Gasteiger charge is 2.49. The topological polar surface area (TPSA) is 69.7 Å². The van der Waals surface area contributed by atoms with E-state index in [-0.39, 0.29) is 17.1 Å². The number of halogens is 2. The molecule has 0 bridgehead atoms. The molecule has 1 aliphatic rings. The van der Waals surface area contributed by atoms with Gasteiger partial charge in [-0.05, 0) is 25.0 Å². The van der Waals surface area contributed by atoms with E-state index in [1.807, 2.05) is 0 Å². The highest BCUT2D eigenvalue weighted by molar-refractivity contribution is 6.31. The molecule has 1 aliphatic heterocycles. The second kappa shape index (κ2) is 7.39. The number of benzene rings is 1. The van der Waals surface area contributed by atoms with Crippen LogP contribution in [0.25, 0.3) is 0 Å². The first-order valence-electron chi connectivity index (χ1n) is 8.06. The van der Waals surface area contributed by atoms with Gasteiger partial charge in [-0.1, -0.05) is 31.5 Å². The van der Waals surface area contributed by atoms with E-state index in [1.54, 1.807) is 13.8 Å². The maximum Gasteiger partial charge on any atom is 0.325 e. The zero-order chi connectivity index (χ0) is 18.8. The maximum absolute atomic E-state index is 13.8. The molecule has 6 nitrogen and oxygen atoms in total. The molecule has 1 fully saturated rings. The summed E-state index contributed by atoms with van der Waals surface area (Å²) in [7, 11) is 1.47. The van der Waals surface area contributed by atoms with Crippen molar-refractivity contribution < 1.29 is 18.8 Å². The fourth-order valence-electron chi connectivity index (χ4n) is 2.81. The second-order valence-electron chi connectivity index (χ2n) is 6.06. The molecule has 0 aliphatic carbocycles. The van der Waals surface area contributed by atoms with Crippen LogP contribution in [0.1, 0.15) is 32.3 Å². The monoisotopic (exact) mass is 369 g/mol. The maximum atomic E-state index is 13.8. The van der Waals surface area contributed by atoms with Crippen molar-refractivity contribution in [3.05, 3.63) is 34.6 Å². The molecule has 1 aromatic carbocycles. The standard InChI is InChI=1S/C17H21ClFN3O3/c1-4-17(5-2)15(24)22(16(25)20-17)10-14(23)21(3)9-11-12(18)7-6-8-13(11)19/h6-8H,4-5,9-10H2,1-3H3,(H,20,25). The number of rotatable bonds is 6. The van der Waals surface area contributed by atoms with Crippen molar-refractivity contribution in [2.45, 2.75) is 38.8 Å². The lowest BCUT2D eigenvalue weighted by Gasteiger charge is -2.24. The molecule has 4 amide bonds. The first kappa shape index (κ1) is 19.2. The van der Waals surface area contributed by atoms with Crippen LogP contribution in [0.15, 0.2) is 18.2 Å². The molecule has 0 aromatic heterocycles. The number of urea groups is 1. The molecule has 136 valence electrons. The van der Waals surface area contributed by atoms with Gasteiger partial charge in [-0.2, -0.15) is 0 Å². The molecular formula is C17H21ClFN3O3. The molecule has 0 spiro atoms. The Morgan fingerprint density at radius 2 is 1.96 bits per heavy atom. The second-order valence-corrected chi connectivity index (χ2v) is 6.47. The Morgan fingerprint density at radius 1 is 1.32 bits per heavy atom. The molecule has 1 N–H and O–H groups in total. The smallest absolute Gasteiger partial charge is 0.325 e. The van der Waals surface area contributed by atoms with Gasteiger partial charge in [-0.3, -0.25) is 14.5 Å².